The molecule has 0 saturated carbocycles. The molecule has 2 aliphatic rings. The number of alkyl halides is 6. The van der Waals surface area contributed by atoms with E-state index in [1.807, 2.05) is 54.6 Å². The van der Waals surface area contributed by atoms with E-state index in [9.17, 15) is 26.3 Å². The molecule has 208 valence electrons. The Kier molecular flexibility index (Phi) is 9.13. The van der Waals surface area contributed by atoms with Crippen LogP contribution in [-0.2, 0) is 35.3 Å². The molecule has 0 N–H and O–H groups in total. The second-order valence-electron chi connectivity index (χ2n) is 9.65. The molecule has 0 bridgehead atoms. The second kappa shape index (κ2) is 11.9. The van der Waals surface area contributed by atoms with Crippen molar-refractivity contribution in [2.45, 2.75) is 19.7 Å². The van der Waals surface area contributed by atoms with E-state index in [2.05, 4.69) is 30.3 Å². The summed E-state index contributed by atoms with van der Waals surface area (Å²) in [7, 11) is 0. The molecule has 0 aliphatic heterocycles. The first-order valence-electron chi connectivity index (χ1n) is 12.3. The molecule has 4 aromatic carbocycles. The molecule has 4 aromatic rings. The average molecular weight is 768 g/mol. The van der Waals surface area contributed by atoms with E-state index < -0.39 is 46.4 Å². The van der Waals surface area contributed by atoms with Gasteiger partial charge in [-0.15, -0.1) is 0 Å². The zero-order chi connectivity index (χ0) is 27.4. The molecule has 0 nitrogen and oxygen atoms in total. The van der Waals surface area contributed by atoms with E-state index in [-0.39, 0.29) is 43.8 Å². The van der Waals surface area contributed by atoms with Gasteiger partial charge in [-0.25, -0.2) is 0 Å². The predicted octanol–water partition coefficient (Wildman–Crippen LogP) is 3.71. The van der Waals surface area contributed by atoms with Gasteiger partial charge in [-0.2, -0.15) is 0 Å². The van der Waals surface area contributed by atoms with Crippen molar-refractivity contribution in [2.24, 2.45) is 0 Å². The minimum Gasteiger partial charge on any atom is -1.00 e. The number of hydrogen-bond acceptors (Lipinski definition) is 0. The van der Waals surface area contributed by atoms with Crippen LogP contribution in [0.25, 0.3) is 23.3 Å². The van der Waals surface area contributed by atoms with E-state index in [0.29, 0.717) is 5.57 Å². The van der Waals surface area contributed by atoms with Gasteiger partial charge in [-0.05, 0) is 0 Å². The van der Waals surface area contributed by atoms with Crippen molar-refractivity contribution in [3.8, 4) is 0 Å². The third kappa shape index (κ3) is 6.13. The Morgan fingerprint density at radius 3 is 1.37 bits per heavy atom. The third-order valence-corrected chi connectivity index (χ3v) is 14.1. The van der Waals surface area contributed by atoms with Crippen molar-refractivity contribution >= 4 is 23.3 Å². The van der Waals surface area contributed by atoms with Gasteiger partial charge in [0.15, 0.2) is 0 Å². The van der Waals surface area contributed by atoms with E-state index in [0.717, 1.165) is 34.4 Å². The Hall–Kier alpha value is -2.61. The SMILES string of the molecule is FC(F)(F)c1cc(C2=Cc3ccccc3[CH]2[Hf+2][CH]2C(c3ccccc3)=Cc3ccccc32)cc(C(F)(F)F)c1.[Cl-].[Cl-]. The number of hydrogen-bond donors (Lipinski definition) is 0. The Labute approximate surface area is 257 Å². The molecule has 0 radical (unpaired) electrons. The predicted molar refractivity (Wildman–Crippen MR) is 137 cm³/mol. The zero-order valence-corrected chi connectivity index (χ0v) is 26.2. The van der Waals surface area contributed by atoms with Crippen LogP contribution in [0.1, 0.15) is 51.9 Å². The molecular formula is C32H20Cl2F6Hf. The second-order valence-corrected chi connectivity index (χ2v) is 15.0. The quantitative estimate of drug-likeness (QED) is 0.220. The standard InChI is InChI=1S/C17H9F6.C15H11.2ClH.Hf/c18-16(19,20)14-7-13(8-15(9-14)17(21,22)23)12-5-10-3-1-2-4-11(10)6-12;1-2-6-12(7-3-1)15-10-13-8-4-5-9-14(13)11-15;;;/h1-9H;1-11H;2*1H;/q;;;;+2/p-2. The van der Waals surface area contributed by atoms with Crippen LogP contribution in [0.4, 0.5) is 26.3 Å². The number of halogens is 8. The van der Waals surface area contributed by atoms with E-state index in [1.54, 1.807) is 6.08 Å². The maximum absolute atomic E-state index is 13.7. The monoisotopic (exact) mass is 768 g/mol. The molecule has 2 aliphatic carbocycles. The maximum Gasteiger partial charge on any atom is -1.00 e. The van der Waals surface area contributed by atoms with Crippen LogP contribution in [0.2, 0.25) is 0 Å². The molecule has 9 heteroatoms. The van der Waals surface area contributed by atoms with Crippen LogP contribution in [0.15, 0.2) is 97.1 Å². The Morgan fingerprint density at radius 2 is 0.902 bits per heavy atom. The summed E-state index contributed by atoms with van der Waals surface area (Å²) >= 11 is -1.92. The van der Waals surface area contributed by atoms with Gasteiger partial charge >= 0.3 is 234 Å². The van der Waals surface area contributed by atoms with Crippen LogP contribution >= 0.6 is 0 Å². The maximum atomic E-state index is 13.7. The Bertz CT molecular complexity index is 1590. The normalized spacial score (nSPS) is 17.3. The number of rotatable bonds is 4. The van der Waals surface area contributed by atoms with Crippen molar-refractivity contribution in [1.29, 1.82) is 0 Å². The van der Waals surface area contributed by atoms with Crippen LogP contribution in [0.3, 0.4) is 0 Å². The molecule has 0 saturated heterocycles. The van der Waals surface area contributed by atoms with Crippen LogP contribution < -0.4 is 24.8 Å². The van der Waals surface area contributed by atoms with Gasteiger partial charge in [0.05, 0.1) is 0 Å². The minimum atomic E-state index is -4.90. The van der Waals surface area contributed by atoms with Crippen molar-refractivity contribution < 1.29 is 74.1 Å². The van der Waals surface area contributed by atoms with Gasteiger partial charge in [0, 0.05) is 0 Å². The Morgan fingerprint density at radius 1 is 0.488 bits per heavy atom. The summed E-state index contributed by atoms with van der Waals surface area (Å²) in [5, 5.41) is 0. The van der Waals surface area contributed by atoms with Gasteiger partial charge in [-0.1, -0.05) is 0 Å². The number of benzene rings is 4. The molecular weight excluding hydrogens is 748 g/mol. The summed E-state index contributed by atoms with van der Waals surface area (Å²) in [6.45, 7) is 0. The molecule has 6 rings (SSSR count). The minimum absolute atomic E-state index is 0. The topological polar surface area (TPSA) is 0 Å². The summed E-state index contributed by atoms with van der Waals surface area (Å²) < 4.78 is 82.3. The molecule has 0 heterocycles. The average Bonchev–Trinajstić information content (AvgIpc) is 3.47. The number of allylic oxidation sites excluding steroid dienone is 2. The van der Waals surface area contributed by atoms with Gasteiger partial charge in [0.25, 0.3) is 0 Å². The van der Waals surface area contributed by atoms with E-state index in [4.69, 9.17) is 0 Å². The molecule has 0 amide bonds. The summed E-state index contributed by atoms with van der Waals surface area (Å²) in [6, 6.07) is 27.6. The van der Waals surface area contributed by atoms with Gasteiger partial charge < -0.3 is 24.8 Å². The van der Waals surface area contributed by atoms with Gasteiger partial charge in [0.2, 0.25) is 0 Å². The first-order chi connectivity index (χ1) is 18.6. The smallest absolute Gasteiger partial charge is 1.00 e. The first kappa shape index (κ1) is 31.3. The van der Waals surface area contributed by atoms with Gasteiger partial charge in [-0.3, -0.25) is 0 Å². The summed E-state index contributed by atoms with van der Waals surface area (Å²) in [5.74, 6) is 0. The van der Waals surface area contributed by atoms with Crippen LogP contribution in [0.5, 0.6) is 0 Å². The summed E-state index contributed by atoms with van der Waals surface area (Å²) in [5.41, 5.74) is 4.36. The molecule has 2 atom stereocenters. The fourth-order valence-electron chi connectivity index (χ4n) is 5.43. The molecule has 41 heavy (non-hydrogen) atoms. The number of fused-ring (bicyclic) bond motifs is 2. The fraction of sp³-hybridized carbons (Fsp3) is 0.125. The van der Waals surface area contributed by atoms with E-state index >= 15 is 0 Å². The molecule has 0 aromatic heterocycles. The molecule has 0 fully saturated rings. The molecule has 2 unspecified atom stereocenters. The molecule has 0 spiro atoms. The summed E-state index contributed by atoms with van der Waals surface area (Å²) in [4.78, 5) is 0. The van der Waals surface area contributed by atoms with Crippen molar-refractivity contribution in [2.75, 3.05) is 0 Å². The fourth-order valence-corrected chi connectivity index (χ4v) is 12.9. The van der Waals surface area contributed by atoms with Crippen molar-refractivity contribution in [3.63, 3.8) is 0 Å². The largest absolute Gasteiger partial charge is 1.00 e. The Balaban J connectivity index is 0.00000194. The van der Waals surface area contributed by atoms with Crippen molar-refractivity contribution in [1.82, 2.24) is 0 Å². The first-order valence-corrected chi connectivity index (χ1v) is 16.5. The summed E-state index contributed by atoms with van der Waals surface area (Å²) in [6.07, 6.45) is -5.83. The van der Waals surface area contributed by atoms with Gasteiger partial charge in [0.1, 0.15) is 0 Å². The van der Waals surface area contributed by atoms with Crippen LogP contribution in [-0.4, -0.2) is 0 Å². The van der Waals surface area contributed by atoms with Crippen LogP contribution in [0, 0.1) is 0 Å². The third-order valence-electron chi connectivity index (χ3n) is 7.22. The van der Waals surface area contributed by atoms with E-state index in [1.165, 1.54) is 11.1 Å². The van der Waals surface area contributed by atoms with Crippen molar-refractivity contribution in [3.05, 3.63) is 142 Å². The zero-order valence-electron chi connectivity index (χ0n) is 21.1.